The number of aromatic nitrogens is 6. The molecule has 0 amide bonds. The summed E-state index contributed by atoms with van der Waals surface area (Å²) >= 11 is 0. The molecule has 2 N–H and O–H groups in total. The monoisotopic (exact) mass is 518 g/mol. The van der Waals surface area contributed by atoms with Crippen molar-refractivity contribution in [3.8, 4) is 0 Å². The second kappa shape index (κ2) is 9.75. The molecule has 0 spiro atoms. The predicted octanol–water partition coefficient (Wildman–Crippen LogP) is 2.87. The van der Waals surface area contributed by atoms with Crippen LogP contribution >= 0.6 is 0 Å². The lowest BCUT2D eigenvalue weighted by Crippen LogP contribution is -2.48. The zero-order valence-corrected chi connectivity index (χ0v) is 18.6. The van der Waals surface area contributed by atoms with Gasteiger partial charge < -0.3 is 15.0 Å². The van der Waals surface area contributed by atoms with Gasteiger partial charge in [-0.25, -0.2) is 14.8 Å². The van der Waals surface area contributed by atoms with Crippen LogP contribution in [0.4, 0.5) is 37.8 Å². The van der Waals surface area contributed by atoms with Crippen molar-refractivity contribution in [2.24, 2.45) is 0 Å². The van der Waals surface area contributed by atoms with Crippen LogP contribution in [0.15, 0.2) is 35.5 Å². The molecule has 194 valence electrons. The van der Waals surface area contributed by atoms with E-state index in [1.807, 2.05) is 0 Å². The third kappa shape index (κ3) is 5.75. The highest BCUT2D eigenvalue weighted by Gasteiger charge is 2.37. The van der Waals surface area contributed by atoms with E-state index in [1.165, 1.54) is 6.07 Å². The van der Waals surface area contributed by atoms with Gasteiger partial charge in [-0.3, -0.25) is 4.79 Å². The molecule has 1 fully saturated rings. The van der Waals surface area contributed by atoms with Gasteiger partial charge in [-0.15, -0.1) is 5.10 Å². The molecule has 1 atom stereocenters. The van der Waals surface area contributed by atoms with E-state index in [9.17, 15) is 31.1 Å². The molecule has 0 bridgehead atoms. The lowest BCUT2D eigenvalue weighted by Gasteiger charge is -2.39. The van der Waals surface area contributed by atoms with Gasteiger partial charge in [-0.2, -0.15) is 31.4 Å². The normalized spacial score (nSPS) is 15.6. The largest absolute Gasteiger partial charge is 0.423 e. The van der Waals surface area contributed by atoms with E-state index >= 15 is 0 Å². The fourth-order valence-electron chi connectivity index (χ4n) is 3.54. The lowest BCUT2D eigenvalue weighted by molar-refractivity contribution is -0.138. The average Bonchev–Trinajstić information content (AvgIpc) is 3.20. The highest BCUT2D eigenvalue weighted by molar-refractivity contribution is 5.50. The molecule has 0 aliphatic carbocycles. The number of nitrogens with zero attached hydrogens (tertiary/aromatic N) is 6. The van der Waals surface area contributed by atoms with Gasteiger partial charge >= 0.3 is 12.4 Å². The second-order valence-electron chi connectivity index (χ2n) is 8.20. The van der Waals surface area contributed by atoms with Crippen LogP contribution in [0.5, 0.6) is 0 Å². The fraction of sp³-hybridized carbons (Fsp3) is 0.450. The van der Waals surface area contributed by atoms with Gasteiger partial charge in [0.2, 0.25) is 0 Å². The van der Waals surface area contributed by atoms with Crippen molar-refractivity contribution in [2.75, 3.05) is 29.9 Å². The SMILES string of the molecule is C[C@@H](COCc1cn(C2CN(c3ccc(C(F)(F)F)cn3)C2)nn1)Nc1cn[nH]c(=O)c1C(F)(F)F. The van der Waals surface area contributed by atoms with Crippen molar-refractivity contribution in [1.82, 2.24) is 30.2 Å². The van der Waals surface area contributed by atoms with E-state index in [0.717, 1.165) is 18.5 Å². The van der Waals surface area contributed by atoms with Crippen molar-refractivity contribution in [3.05, 3.63) is 57.9 Å². The summed E-state index contributed by atoms with van der Waals surface area (Å²) in [6.45, 7) is 2.59. The van der Waals surface area contributed by atoms with Crippen LogP contribution in [-0.2, 0) is 23.7 Å². The third-order valence-electron chi connectivity index (χ3n) is 5.35. The molecule has 0 unspecified atom stereocenters. The molecule has 4 rings (SSSR count). The van der Waals surface area contributed by atoms with Crippen molar-refractivity contribution in [3.63, 3.8) is 0 Å². The first-order valence-electron chi connectivity index (χ1n) is 10.6. The quantitative estimate of drug-likeness (QED) is 0.438. The van der Waals surface area contributed by atoms with Gasteiger partial charge in [0.1, 0.15) is 17.1 Å². The summed E-state index contributed by atoms with van der Waals surface area (Å²) in [4.78, 5) is 17.2. The van der Waals surface area contributed by atoms with Gasteiger partial charge in [-0.05, 0) is 19.1 Å². The minimum Gasteiger partial charge on any atom is -0.378 e. The number of halogens is 6. The van der Waals surface area contributed by atoms with Crippen molar-refractivity contribution in [2.45, 2.75) is 38.0 Å². The number of nitrogens with one attached hydrogen (secondary N) is 2. The van der Waals surface area contributed by atoms with Gasteiger partial charge in [0, 0.05) is 25.3 Å². The van der Waals surface area contributed by atoms with E-state index in [0.29, 0.717) is 24.6 Å². The Bertz CT molecular complexity index is 1230. The highest BCUT2D eigenvalue weighted by Crippen LogP contribution is 2.32. The summed E-state index contributed by atoms with van der Waals surface area (Å²) in [5.74, 6) is 0.425. The molecule has 0 aromatic carbocycles. The maximum atomic E-state index is 13.1. The molecular weight excluding hydrogens is 498 g/mol. The molecule has 1 aliphatic heterocycles. The molecule has 3 aromatic rings. The molecule has 1 aliphatic rings. The van der Waals surface area contributed by atoms with E-state index in [4.69, 9.17) is 4.74 Å². The van der Waals surface area contributed by atoms with Crippen LogP contribution in [0, 0.1) is 0 Å². The Kier molecular flexibility index (Phi) is 6.88. The molecule has 1 saturated heterocycles. The second-order valence-corrected chi connectivity index (χ2v) is 8.20. The summed E-state index contributed by atoms with van der Waals surface area (Å²) in [6, 6.07) is 1.66. The number of rotatable bonds is 8. The predicted molar refractivity (Wildman–Crippen MR) is 113 cm³/mol. The number of ether oxygens (including phenoxy) is 1. The van der Waals surface area contributed by atoms with Crippen LogP contribution in [-0.4, -0.2) is 55.9 Å². The molecular formula is C20H20F6N8O2. The Morgan fingerprint density at radius 3 is 2.56 bits per heavy atom. The van der Waals surface area contributed by atoms with E-state index in [2.05, 4.69) is 25.7 Å². The maximum absolute atomic E-state index is 13.1. The Labute approximate surface area is 199 Å². The van der Waals surface area contributed by atoms with Crippen molar-refractivity contribution < 1.29 is 31.1 Å². The Hall–Kier alpha value is -3.69. The first kappa shape index (κ1) is 25.4. The zero-order chi connectivity index (χ0) is 26.1. The maximum Gasteiger partial charge on any atom is 0.423 e. The molecule has 0 saturated carbocycles. The number of pyridine rings is 1. The average molecular weight is 518 g/mol. The molecule has 4 heterocycles. The zero-order valence-electron chi connectivity index (χ0n) is 18.6. The Balaban J connectivity index is 1.24. The molecule has 10 nitrogen and oxygen atoms in total. The van der Waals surface area contributed by atoms with Gasteiger partial charge in [-0.1, -0.05) is 5.21 Å². The summed E-state index contributed by atoms with van der Waals surface area (Å²) in [5, 5.41) is 15.8. The van der Waals surface area contributed by atoms with E-state index in [-0.39, 0.29) is 19.3 Å². The van der Waals surface area contributed by atoms with Crippen molar-refractivity contribution in [1.29, 1.82) is 0 Å². The summed E-state index contributed by atoms with van der Waals surface area (Å²) in [5.41, 5.74) is -3.50. The topological polar surface area (TPSA) is 114 Å². The minimum atomic E-state index is -4.85. The smallest absolute Gasteiger partial charge is 0.378 e. The number of hydrogen-bond acceptors (Lipinski definition) is 8. The summed E-state index contributed by atoms with van der Waals surface area (Å²) in [7, 11) is 0. The third-order valence-corrected chi connectivity index (χ3v) is 5.35. The van der Waals surface area contributed by atoms with Crippen LogP contribution in [0.1, 0.15) is 29.8 Å². The minimum absolute atomic E-state index is 0.00769. The van der Waals surface area contributed by atoms with Crippen LogP contribution in [0.25, 0.3) is 0 Å². The van der Waals surface area contributed by atoms with E-state index in [1.54, 1.807) is 27.8 Å². The van der Waals surface area contributed by atoms with Crippen LogP contribution in [0.2, 0.25) is 0 Å². The highest BCUT2D eigenvalue weighted by atomic mass is 19.4. The lowest BCUT2D eigenvalue weighted by atomic mass is 10.1. The van der Waals surface area contributed by atoms with Crippen molar-refractivity contribution >= 4 is 11.5 Å². The van der Waals surface area contributed by atoms with Gasteiger partial charge in [0.05, 0.1) is 42.9 Å². The fourth-order valence-corrected chi connectivity index (χ4v) is 3.54. The number of alkyl halides is 6. The Morgan fingerprint density at radius 1 is 1.17 bits per heavy atom. The van der Waals surface area contributed by atoms with Gasteiger partial charge in [0.15, 0.2) is 0 Å². The molecule has 16 heteroatoms. The summed E-state index contributed by atoms with van der Waals surface area (Å²) in [6.07, 6.45) is -5.96. The van der Waals surface area contributed by atoms with Gasteiger partial charge in [0.25, 0.3) is 5.56 Å². The number of aromatic amines is 1. The number of hydrogen-bond donors (Lipinski definition) is 2. The molecule has 3 aromatic heterocycles. The number of anilines is 2. The summed E-state index contributed by atoms with van der Waals surface area (Å²) < 4.78 is 84.5. The molecule has 0 radical (unpaired) electrons. The molecule has 36 heavy (non-hydrogen) atoms. The van der Waals surface area contributed by atoms with E-state index < -0.39 is 40.8 Å². The van der Waals surface area contributed by atoms with Crippen LogP contribution < -0.4 is 15.8 Å². The number of H-pyrrole nitrogens is 1. The van der Waals surface area contributed by atoms with Crippen LogP contribution in [0.3, 0.4) is 0 Å². The standard InChI is InChI=1S/C20H20F6N8O2/c1-11(29-15-5-28-31-18(35)17(15)20(24,25)26)9-36-10-13-6-34(32-30-13)14-7-33(8-14)16-3-2-12(4-27-16)19(21,22)23/h2-6,11,14H,7-10H2,1H3,(H2,29,31,35)/t11-/m0/s1. The first-order valence-corrected chi connectivity index (χ1v) is 10.6. The first-order chi connectivity index (χ1) is 16.9. The Morgan fingerprint density at radius 2 is 1.92 bits per heavy atom.